The topological polar surface area (TPSA) is 135 Å². The van der Waals surface area contributed by atoms with Gasteiger partial charge in [0.15, 0.2) is 0 Å². The van der Waals surface area contributed by atoms with E-state index in [1.54, 1.807) is 0 Å². The second-order valence-electron chi connectivity index (χ2n) is 6.59. The maximum atomic E-state index is 11.8. The lowest BCUT2D eigenvalue weighted by atomic mass is 10.1. The summed E-state index contributed by atoms with van der Waals surface area (Å²) in [5.74, 6) is -0.634. The summed E-state index contributed by atoms with van der Waals surface area (Å²) in [6.07, 6.45) is 1.53. The summed E-state index contributed by atoms with van der Waals surface area (Å²) in [4.78, 5) is 38.5. The molecule has 3 aromatic rings. The van der Waals surface area contributed by atoms with Crippen LogP contribution in [0.1, 0.15) is 18.1 Å². The number of hydrogen-bond acceptors (Lipinski definition) is 7. The van der Waals surface area contributed by atoms with Crippen molar-refractivity contribution in [2.45, 2.75) is 13.5 Å². The van der Waals surface area contributed by atoms with Crippen LogP contribution >= 0.6 is 0 Å². The van der Waals surface area contributed by atoms with Crippen LogP contribution in [0.2, 0.25) is 0 Å². The predicted octanol–water partition coefficient (Wildman–Crippen LogP) is 1.05. The fourth-order valence-electron chi connectivity index (χ4n) is 2.81. The molecule has 0 aliphatic rings. The van der Waals surface area contributed by atoms with Gasteiger partial charge in [-0.2, -0.15) is 5.10 Å². The first-order chi connectivity index (χ1) is 15.0. The molecule has 0 bridgehead atoms. The van der Waals surface area contributed by atoms with Gasteiger partial charge in [0, 0.05) is 18.8 Å². The Morgan fingerprint density at radius 2 is 1.87 bits per heavy atom. The maximum absolute atomic E-state index is 11.8. The minimum Gasteiger partial charge on any atom is -0.367 e. The van der Waals surface area contributed by atoms with Crippen molar-refractivity contribution < 1.29 is 4.79 Å². The highest BCUT2D eigenvalue weighted by atomic mass is 16.2. The van der Waals surface area contributed by atoms with Gasteiger partial charge in [0.2, 0.25) is 5.82 Å². The Morgan fingerprint density at radius 1 is 1.13 bits per heavy atom. The van der Waals surface area contributed by atoms with E-state index < -0.39 is 17.2 Å². The van der Waals surface area contributed by atoms with Gasteiger partial charge in [-0.1, -0.05) is 42.5 Å². The number of hydrazone groups is 1. The SMILES string of the molecule is CCN(Cc1ccccc1)c1ccc(/C=N/NC(=O)CNc2n[nH]c(=O)[nH]c2=O)cc1. The third-order valence-electron chi connectivity index (χ3n) is 4.39. The van der Waals surface area contributed by atoms with Crippen LogP contribution in [0.15, 0.2) is 69.3 Å². The highest BCUT2D eigenvalue weighted by Gasteiger charge is 2.06. The Morgan fingerprint density at radius 3 is 2.55 bits per heavy atom. The van der Waals surface area contributed by atoms with E-state index in [1.165, 1.54) is 11.8 Å². The van der Waals surface area contributed by atoms with Crippen molar-refractivity contribution in [1.29, 1.82) is 0 Å². The minimum absolute atomic E-state index is 0.162. The van der Waals surface area contributed by atoms with Gasteiger partial charge in [0.25, 0.3) is 11.5 Å². The average Bonchev–Trinajstić information content (AvgIpc) is 2.78. The Bertz CT molecular complexity index is 1140. The van der Waals surface area contributed by atoms with Crippen molar-refractivity contribution in [2.24, 2.45) is 5.10 Å². The Balaban J connectivity index is 1.51. The first-order valence-electron chi connectivity index (χ1n) is 9.69. The number of aromatic nitrogens is 3. The van der Waals surface area contributed by atoms with E-state index in [4.69, 9.17) is 0 Å². The van der Waals surface area contributed by atoms with E-state index in [2.05, 4.69) is 50.0 Å². The molecule has 1 aromatic heterocycles. The Labute approximate surface area is 178 Å². The van der Waals surface area contributed by atoms with Crippen molar-refractivity contribution in [3.63, 3.8) is 0 Å². The molecule has 10 heteroatoms. The molecule has 10 nitrogen and oxygen atoms in total. The molecule has 0 atom stereocenters. The molecule has 0 saturated carbocycles. The Kier molecular flexibility index (Phi) is 7.30. The lowest BCUT2D eigenvalue weighted by Gasteiger charge is -2.23. The molecule has 31 heavy (non-hydrogen) atoms. The first kappa shape index (κ1) is 21.5. The molecule has 1 heterocycles. The number of hydrogen-bond donors (Lipinski definition) is 4. The smallest absolute Gasteiger partial charge is 0.342 e. The van der Waals surface area contributed by atoms with Crippen LogP contribution in [0, 0.1) is 0 Å². The third kappa shape index (κ3) is 6.39. The Hall–Kier alpha value is -4.21. The normalized spacial score (nSPS) is 10.7. The van der Waals surface area contributed by atoms with E-state index in [0.29, 0.717) is 0 Å². The highest BCUT2D eigenvalue weighted by Crippen LogP contribution is 2.17. The molecule has 0 spiro atoms. The van der Waals surface area contributed by atoms with Gasteiger partial charge in [-0.3, -0.25) is 14.6 Å². The number of aromatic amines is 2. The van der Waals surface area contributed by atoms with Gasteiger partial charge in [-0.15, -0.1) is 5.10 Å². The zero-order chi connectivity index (χ0) is 22.1. The quantitative estimate of drug-likeness (QED) is 0.301. The molecule has 4 N–H and O–H groups in total. The lowest BCUT2D eigenvalue weighted by Crippen LogP contribution is -2.31. The van der Waals surface area contributed by atoms with Crippen LogP contribution in [-0.4, -0.2) is 40.4 Å². The van der Waals surface area contributed by atoms with Crippen molar-refractivity contribution in [3.05, 3.63) is 86.6 Å². The summed E-state index contributed by atoms with van der Waals surface area (Å²) in [5.41, 5.74) is 4.08. The van der Waals surface area contributed by atoms with Crippen molar-refractivity contribution in [3.8, 4) is 0 Å². The van der Waals surface area contributed by atoms with Crippen molar-refractivity contribution in [2.75, 3.05) is 23.3 Å². The molecule has 160 valence electrons. The lowest BCUT2D eigenvalue weighted by molar-refractivity contribution is -0.119. The maximum Gasteiger partial charge on any atom is 0.342 e. The highest BCUT2D eigenvalue weighted by molar-refractivity contribution is 5.84. The van der Waals surface area contributed by atoms with Crippen LogP contribution < -0.4 is 26.9 Å². The minimum atomic E-state index is -0.724. The van der Waals surface area contributed by atoms with Gasteiger partial charge in [0.05, 0.1) is 12.8 Å². The molecule has 1 amide bonds. The summed E-state index contributed by atoms with van der Waals surface area (Å²) < 4.78 is 0. The fraction of sp³-hybridized carbons (Fsp3) is 0.190. The van der Waals surface area contributed by atoms with Crippen LogP contribution in [0.4, 0.5) is 11.5 Å². The zero-order valence-electron chi connectivity index (χ0n) is 17.0. The average molecular weight is 421 g/mol. The van der Waals surface area contributed by atoms with Gasteiger partial charge in [0.1, 0.15) is 0 Å². The molecule has 0 unspecified atom stereocenters. The summed E-state index contributed by atoms with van der Waals surface area (Å²) in [6.45, 7) is 3.57. The first-order valence-corrected chi connectivity index (χ1v) is 9.69. The molecule has 0 aliphatic carbocycles. The van der Waals surface area contributed by atoms with Crippen LogP contribution in [0.25, 0.3) is 0 Å². The standard InChI is InChI=1S/C21H23N7O3/c1-2-28(14-16-6-4-3-5-7-16)17-10-8-15(9-11-17)12-23-25-18(29)13-22-19-20(30)24-21(31)27-26-19/h3-12H,2,13-14H2,1H3,(H,22,26)(H,25,29)(H2,24,27,30,31)/b23-12+. The number of nitrogens with one attached hydrogen (secondary N) is 4. The monoisotopic (exact) mass is 421 g/mol. The van der Waals surface area contributed by atoms with Crippen LogP contribution in [-0.2, 0) is 11.3 Å². The number of H-pyrrole nitrogens is 2. The second kappa shape index (κ2) is 10.5. The molecule has 0 aliphatic heterocycles. The van der Waals surface area contributed by atoms with Gasteiger partial charge >= 0.3 is 5.69 Å². The molecule has 0 radical (unpaired) electrons. The molecule has 2 aromatic carbocycles. The number of nitrogens with zero attached hydrogens (tertiary/aromatic N) is 3. The second-order valence-corrected chi connectivity index (χ2v) is 6.59. The predicted molar refractivity (Wildman–Crippen MR) is 119 cm³/mol. The van der Waals surface area contributed by atoms with Gasteiger partial charge in [-0.25, -0.2) is 15.3 Å². The summed E-state index contributed by atoms with van der Waals surface area (Å²) >= 11 is 0. The number of amides is 1. The van der Waals surface area contributed by atoms with E-state index in [0.717, 1.165) is 24.3 Å². The number of anilines is 2. The molecule has 0 fully saturated rings. The van der Waals surface area contributed by atoms with E-state index >= 15 is 0 Å². The fourth-order valence-corrected chi connectivity index (χ4v) is 2.81. The third-order valence-corrected chi connectivity index (χ3v) is 4.39. The molecule has 0 saturated heterocycles. The molecular formula is C21H23N7O3. The van der Waals surface area contributed by atoms with Gasteiger partial charge < -0.3 is 10.2 Å². The van der Waals surface area contributed by atoms with Crippen LogP contribution in [0.3, 0.4) is 0 Å². The van der Waals surface area contributed by atoms with Gasteiger partial charge in [-0.05, 0) is 30.2 Å². The number of carbonyl (C=O) groups excluding carboxylic acids is 1. The summed E-state index contributed by atoms with van der Waals surface area (Å²) in [5, 5.41) is 12.0. The number of rotatable bonds is 9. The number of carbonyl (C=O) groups is 1. The van der Waals surface area contributed by atoms with E-state index in [-0.39, 0.29) is 12.4 Å². The molecule has 3 rings (SSSR count). The molecular weight excluding hydrogens is 398 g/mol. The zero-order valence-corrected chi connectivity index (χ0v) is 17.0. The van der Waals surface area contributed by atoms with E-state index in [1.807, 2.05) is 47.4 Å². The van der Waals surface area contributed by atoms with E-state index in [9.17, 15) is 14.4 Å². The summed E-state index contributed by atoms with van der Waals surface area (Å²) in [7, 11) is 0. The van der Waals surface area contributed by atoms with Crippen molar-refractivity contribution >= 4 is 23.6 Å². The largest absolute Gasteiger partial charge is 0.367 e. The number of benzene rings is 2. The van der Waals surface area contributed by atoms with Crippen LogP contribution in [0.5, 0.6) is 0 Å². The summed E-state index contributed by atoms with van der Waals surface area (Å²) in [6, 6.07) is 18.1. The van der Waals surface area contributed by atoms with Crippen molar-refractivity contribution in [1.82, 2.24) is 20.6 Å².